The van der Waals surface area contributed by atoms with Crippen LogP contribution < -0.4 is 16.0 Å². The smallest absolute Gasteiger partial charge is 0.229 e. The zero-order valence-electron chi connectivity index (χ0n) is 12.6. The largest absolute Gasteiger partial charge is 0.395 e. The van der Waals surface area contributed by atoms with Gasteiger partial charge in [-0.2, -0.15) is 0 Å². The van der Waals surface area contributed by atoms with E-state index in [9.17, 15) is 4.79 Å². The molecule has 0 aliphatic heterocycles. The van der Waals surface area contributed by atoms with Gasteiger partial charge in [-0.15, -0.1) is 0 Å². The summed E-state index contributed by atoms with van der Waals surface area (Å²) in [4.78, 5) is 14.2. The fraction of sp³-hybridized carbons (Fsp3) is 0.562. The zero-order chi connectivity index (χ0) is 15.2. The van der Waals surface area contributed by atoms with Crippen molar-refractivity contribution in [3.63, 3.8) is 0 Å². The van der Waals surface area contributed by atoms with Gasteiger partial charge in [-0.25, -0.2) is 0 Å². The summed E-state index contributed by atoms with van der Waals surface area (Å²) in [5, 5.41) is 12.0. The Hall–Kier alpha value is -1.59. The number of nitrogens with one attached hydrogen (secondary N) is 1. The molecule has 1 saturated carbocycles. The molecule has 2 rings (SSSR count). The number of carbonyl (C=O) groups is 1. The molecule has 0 aromatic heterocycles. The Bertz CT molecular complexity index is 461. The maximum absolute atomic E-state index is 12.2. The van der Waals surface area contributed by atoms with Gasteiger partial charge in [-0.1, -0.05) is 6.42 Å². The van der Waals surface area contributed by atoms with Gasteiger partial charge < -0.3 is 21.1 Å². The molecule has 0 radical (unpaired) electrons. The molecule has 1 aromatic carbocycles. The predicted octanol–water partition coefficient (Wildman–Crippen LogP) is 1.57. The Morgan fingerprint density at radius 2 is 2.10 bits per heavy atom. The molecule has 0 heterocycles. The van der Waals surface area contributed by atoms with Crippen molar-refractivity contribution in [3.8, 4) is 0 Å². The first-order chi connectivity index (χ1) is 10.2. The van der Waals surface area contributed by atoms with Gasteiger partial charge in [-0.3, -0.25) is 4.79 Å². The lowest BCUT2D eigenvalue weighted by molar-refractivity contribution is -0.120. The van der Waals surface area contributed by atoms with Crippen molar-refractivity contribution in [1.29, 1.82) is 0 Å². The normalized spacial score (nSPS) is 21.3. The van der Waals surface area contributed by atoms with Crippen molar-refractivity contribution in [2.24, 2.45) is 11.7 Å². The summed E-state index contributed by atoms with van der Waals surface area (Å²) in [5.74, 6) is -0.0401. The van der Waals surface area contributed by atoms with Crippen LogP contribution in [0.15, 0.2) is 24.3 Å². The van der Waals surface area contributed by atoms with E-state index in [1.54, 1.807) is 0 Å². The van der Waals surface area contributed by atoms with E-state index < -0.39 is 0 Å². The minimum atomic E-state index is -0.0637. The van der Waals surface area contributed by atoms with Crippen LogP contribution in [0, 0.1) is 5.92 Å². The molecule has 1 aliphatic carbocycles. The molecule has 1 fully saturated rings. The van der Waals surface area contributed by atoms with Crippen molar-refractivity contribution >= 4 is 17.3 Å². The Balaban J connectivity index is 1.97. The van der Waals surface area contributed by atoms with Gasteiger partial charge in [0.1, 0.15) is 0 Å². The molecule has 5 heteroatoms. The number of anilines is 2. The number of likely N-dealkylation sites (N-methyl/N-ethyl adjacent to an activating group) is 1. The Morgan fingerprint density at radius 1 is 1.38 bits per heavy atom. The molecule has 0 saturated heterocycles. The fourth-order valence-corrected chi connectivity index (χ4v) is 2.90. The number of nitrogens with two attached hydrogens (primary N) is 1. The maximum Gasteiger partial charge on any atom is 0.229 e. The van der Waals surface area contributed by atoms with E-state index in [2.05, 4.69) is 10.2 Å². The van der Waals surface area contributed by atoms with Gasteiger partial charge in [0, 0.05) is 30.5 Å². The topological polar surface area (TPSA) is 78.6 Å². The average molecular weight is 291 g/mol. The summed E-state index contributed by atoms with van der Waals surface area (Å²) < 4.78 is 0. The molecule has 1 aromatic rings. The van der Waals surface area contributed by atoms with Crippen LogP contribution >= 0.6 is 0 Å². The van der Waals surface area contributed by atoms with Crippen LogP contribution in [0.4, 0.5) is 11.4 Å². The minimum Gasteiger partial charge on any atom is -0.395 e. The molecule has 116 valence electrons. The summed E-state index contributed by atoms with van der Waals surface area (Å²) in [6, 6.07) is 7.71. The summed E-state index contributed by atoms with van der Waals surface area (Å²) in [6.07, 6.45) is 2.85. The minimum absolute atomic E-state index is 0.00981. The molecule has 5 nitrogen and oxygen atoms in total. The van der Waals surface area contributed by atoms with Gasteiger partial charge >= 0.3 is 0 Å². The number of hydrogen-bond donors (Lipinski definition) is 3. The molecule has 1 aliphatic rings. The summed E-state index contributed by atoms with van der Waals surface area (Å²) in [7, 11) is 0. The van der Waals surface area contributed by atoms with Crippen LogP contribution in [-0.4, -0.2) is 36.8 Å². The fourth-order valence-electron chi connectivity index (χ4n) is 2.90. The lowest BCUT2D eigenvalue weighted by atomic mass is 10.0. The first-order valence-corrected chi connectivity index (χ1v) is 7.68. The van der Waals surface area contributed by atoms with Crippen LogP contribution in [-0.2, 0) is 4.79 Å². The van der Waals surface area contributed by atoms with Gasteiger partial charge in [0.15, 0.2) is 0 Å². The van der Waals surface area contributed by atoms with Gasteiger partial charge in [0.25, 0.3) is 0 Å². The second kappa shape index (κ2) is 7.43. The van der Waals surface area contributed by atoms with Crippen LogP contribution in [0.2, 0.25) is 0 Å². The van der Waals surface area contributed by atoms with E-state index in [1.165, 1.54) is 0 Å². The highest BCUT2D eigenvalue weighted by Gasteiger charge is 2.30. The first kappa shape index (κ1) is 15.8. The van der Waals surface area contributed by atoms with Crippen molar-refractivity contribution in [3.05, 3.63) is 24.3 Å². The highest BCUT2D eigenvalue weighted by atomic mass is 16.3. The van der Waals surface area contributed by atoms with Crippen molar-refractivity contribution in [1.82, 2.24) is 0 Å². The summed E-state index contributed by atoms with van der Waals surface area (Å²) in [6.45, 7) is 3.63. The lowest BCUT2D eigenvalue weighted by Crippen LogP contribution is -2.34. The van der Waals surface area contributed by atoms with Crippen molar-refractivity contribution < 1.29 is 9.90 Å². The van der Waals surface area contributed by atoms with Crippen molar-refractivity contribution in [2.75, 3.05) is 29.9 Å². The standard InChI is InChI=1S/C16H25N3O2/c1-2-19(10-11-20)13-8-6-12(7-9-13)18-16(21)14-4-3-5-15(14)17/h6-9,14-15,20H,2-5,10-11,17H2,1H3,(H,18,21). The molecule has 21 heavy (non-hydrogen) atoms. The third-order valence-electron chi connectivity index (χ3n) is 4.16. The lowest BCUT2D eigenvalue weighted by Gasteiger charge is -2.22. The molecule has 1 amide bonds. The van der Waals surface area contributed by atoms with Gasteiger partial charge in [0.2, 0.25) is 5.91 Å². The summed E-state index contributed by atoms with van der Waals surface area (Å²) in [5.41, 5.74) is 7.80. The molecule has 2 atom stereocenters. The van der Waals surface area contributed by atoms with Gasteiger partial charge in [0.05, 0.1) is 12.5 Å². The molecular formula is C16H25N3O2. The van der Waals surface area contributed by atoms with Crippen LogP contribution in [0.1, 0.15) is 26.2 Å². The van der Waals surface area contributed by atoms with Crippen LogP contribution in [0.5, 0.6) is 0 Å². The van der Waals surface area contributed by atoms with E-state index in [0.29, 0.717) is 6.54 Å². The third kappa shape index (κ3) is 3.95. The van der Waals surface area contributed by atoms with E-state index in [-0.39, 0.29) is 24.5 Å². The SMILES string of the molecule is CCN(CCO)c1ccc(NC(=O)C2CCCC2N)cc1. The van der Waals surface area contributed by atoms with E-state index in [0.717, 1.165) is 37.2 Å². The second-order valence-corrected chi connectivity index (χ2v) is 5.54. The zero-order valence-corrected chi connectivity index (χ0v) is 12.6. The van der Waals surface area contributed by atoms with Crippen molar-refractivity contribution in [2.45, 2.75) is 32.2 Å². The molecule has 0 bridgehead atoms. The number of aliphatic hydroxyl groups is 1. The molecular weight excluding hydrogens is 266 g/mol. The molecule has 2 unspecified atom stereocenters. The number of rotatable bonds is 6. The van der Waals surface area contributed by atoms with Crippen LogP contribution in [0.25, 0.3) is 0 Å². The van der Waals surface area contributed by atoms with Crippen LogP contribution in [0.3, 0.4) is 0 Å². The monoisotopic (exact) mass is 291 g/mol. The predicted molar refractivity (Wildman–Crippen MR) is 85.4 cm³/mol. The molecule has 0 spiro atoms. The highest BCUT2D eigenvalue weighted by Crippen LogP contribution is 2.26. The number of benzene rings is 1. The number of carbonyl (C=O) groups excluding carboxylic acids is 1. The Morgan fingerprint density at radius 3 is 2.62 bits per heavy atom. The number of amides is 1. The summed E-state index contributed by atoms with van der Waals surface area (Å²) >= 11 is 0. The van der Waals surface area contributed by atoms with E-state index in [1.807, 2.05) is 31.2 Å². The average Bonchev–Trinajstić information content (AvgIpc) is 2.92. The Labute approximate surface area is 126 Å². The quantitative estimate of drug-likeness (QED) is 0.743. The van der Waals surface area contributed by atoms with E-state index >= 15 is 0 Å². The first-order valence-electron chi connectivity index (χ1n) is 7.68. The Kier molecular flexibility index (Phi) is 5.59. The second-order valence-electron chi connectivity index (χ2n) is 5.54. The number of aliphatic hydroxyl groups excluding tert-OH is 1. The van der Waals surface area contributed by atoms with Gasteiger partial charge in [-0.05, 0) is 44.0 Å². The number of nitrogens with zero attached hydrogens (tertiary/aromatic N) is 1. The highest BCUT2D eigenvalue weighted by molar-refractivity contribution is 5.93. The molecule has 4 N–H and O–H groups in total. The third-order valence-corrected chi connectivity index (χ3v) is 4.16. The number of hydrogen-bond acceptors (Lipinski definition) is 4. The maximum atomic E-state index is 12.2. The van der Waals surface area contributed by atoms with E-state index in [4.69, 9.17) is 10.8 Å².